The number of hydrogen-bond donors (Lipinski definition) is 0. The number of alkyl halides is 1. The van der Waals surface area contributed by atoms with Crippen molar-refractivity contribution in [2.75, 3.05) is 6.61 Å². The van der Waals surface area contributed by atoms with Gasteiger partial charge in [-0.1, -0.05) is 58.1 Å². The average Bonchev–Trinajstić information content (AvgIpc) is 2.89. The lowest BCUT2D eigenvalue weighted by Crippen LogP contribution is -2.34. The van der Waals surface area contributed by atoms with Crippen molar-refractivity contribution in [3.05, 3.63) is 60.9 Å². The van der Waals surface area contributed by atoms with Gasteiger partial charge < -0.3 is 9.47 Å². The number of esters is 1. The third kappa shape index (κ3) is 8.14. The Kier molecular flexibility index (Phi) is 10.4. The van der Waals surface area contributed by atoms with E-state index < -0.39 is 11.6 Å². The van der Waals surface area contributed by atoms with Gasteiger partial charge in [-0.3, -0.25) is 0 Å². The van der Waals surface area contributed by atoms with Crippen molar-refractivity contribution in [3.63, 3.8) is 0 Å². The van der Waals surface area contributed by atoms with Crippen LogP contribution in [0, 0.1) is 0 Å². The van der Waals surface area contributed by atoms with Gasteiger partial charge in [-0.05, 0) is 68.1 Å². The summed E-state index contributed by atoms with van der Waals surface area (Å²) in [7, 11) is 0. The van der Waals surface area contributed by atoms with Gasteiger partial charge in [0.25, 0.3) is 0 Å². The Bertz CT molecular complexity index is 1060. The molecule has 0 N–H and O–H groups in total. The van der Waals surface area contributed by atoms with Crippen LogP contribution in [-0.4, -0.2) is 28.2 Å². The number of halogens is 1. The molecule has 0 spiro atoms. The van der Waals surface area contributed by atoms with E-state index in [9.17, 15) is 9.18 Å². The van der Waals surface area contributed by atoms with E-state index in [0.717, 1.165) is 48.3 Å². The van der Waals surface area contributed by atoms with Crippen molar-refractivity contribution < 1.29 is 18.7 Å². The largest absolute Gasteiger partial charge is 0.494 e. The van der Waals surface area contributed by atoms with Crippen molar-refractivity contribution in [2.24, 2.45) is 0 Å². The van der Waals surface area contributed by atoms with Crippen LogP contribution in [0.4, 0.5) is 4.39 Å². The van der Waals surface area contributed by atoms with Gasteiger partial charge in [-0.25, -0.2) is 19.2 Å². The second-order valence-corrected chi connectivity index (χ2v) is 9.30. The molecule has 0 fully saturated rings. The highest BCUT2D eigenvalue weighted by molar-refractivity contribution is 5.81. The molecule has 1 heterocycles. The summed E-state index contributed by atoms with van der Waals surface area (Å²) >= 11 is 0. The summed E-state index contributed by atoms with van der Waals surface area (Å²) in [5, 5.41) is 0. The second-order valence-electron chi connectivity index (χ2n) is 9.30. The maximum atomic E-state index is 14.6. The molecule has 0 aliphatic carbocycles. The molecule has 192 valence electrons. The molecular weight excluding hydrogens is 455 g/mol. The van der Waals surface area contributed by atoms with E-state index >= 15 is 0 Å². The molecule has 0 radical (unpaired) electrons. The van der Waals surface area contributed by atoms with Crippen molar-refractivity contribution in [1.29, 1.82) is 0 Å². The first-order valence-corrected chi connectivity index (χ1v) is 13.0. The highest BCUT2D eigenvalue weighted by Crippen LogP contribution is 2.26. The maximum absolute atomic E-state index is 14.6. The summed E-state index contributed by atoms with van der Waals surface area (Å²) in [5.41, 5.74) is 0.629. The van der Waals surface area contributed by atoms with Gasteiger partial charge in [0, 0.05) is 23.5 Å². The second kappa shape index (κ2) is 13.7. The lowest BCUT2D eigenvalue weighted by Gasteiger charge is -2.18. The highest BCUT2D eigenvalue weighted by atomic mass is 19.1. The standard InChI is InChI=1S/C30H37FN2O3/c1-4-6-8-10-20-35-26-15-13-24(14-16-26)28-32-21-25(22-33-28)23-11-17-27(18-12-23)36-29(34)30(3,31)19-9-7-5-2/h11-18,21-22H,4-10,19-20H2,1-3H3. The van der Waals surface area contributed by atoms with Crippen LogP contribution in [0.25, 0.3) is 22.5 Å². The topological polar surface area (TPSA) is 61.3 Å². The maximum Gasteiger partial charge on any atom is 0.348 e. The van der Waals surface area contributed by atoms with Crippen LogP contribution in [0.1, 0.15) is 72.1 Å². The van der Waals surface area contributed by atoms with Gasteiger partial charge in [-0.15, -0.1) is 0 Å². The first-order chi connectivity index (χ1) is 17.4. The van der Waals surface area contributed by atoms with Crippen molar-refractivity contribution in [3.8, 4) is 34.0 Å². The van der Waals surface area contributed by atoms with Crippen molar-refractivity contribution in [1.82, 2.24) is 9.97 Å². The van der Waals surface area contributed by atoms with Crippen molar-refractivity contribution in [2.45, 2.75) is 77.8 Å². The third-order valence-electron chi connectivity index (χ3n) is 6.10. The lowest BCUT2D eigenvalue weighted by molar-refractivity contribution is -0.147. The fraction of sp³-hybridized carbons (Fsp3) is 0.433. The Morgan fingerprint density at radius 1 is 0.778 bits per heavy atom. The van der Waals surface area contributed by atoms with Gasteiger partial charge >= 0.3 is 5.97 Å². The van der Waals surface area contributed by atoms with E-state index in [0.29, 0.717) is 18.0 Å². The molecule has 3 rings (SSSR count). The van der Waals surface area contributed by atoms with E-state index in [1.165, 1.54) is 26.2 Å². The number of rotatable bonds is 14. The summed E-state index contributed by atoms with van der Waals surface area (Å²) in [6.45, 7) is 6.25. The van der Waals surface area contributed by atoms with Gasteiger partial charge in [0.1, 0.15) is 11.5 Å². The van der Waals surface area contributed by atoms with Gasteiger partial charge in [0.15, 0.2) is 5.82 Å². The van der Waals surface area contributed by atoms with Crippen LogP contribution >= 0.6 is 0 Å². The van der Waals surface area contributed by atoms with Crippen LogP contribution < -0.4 is 9.47 Å². The molecule has 6 heteroatoms. The van der Waals surface area contributed by atoms with Gasteiger partial charge in [0.05, 0.1) is 6.61 Å². The van der Waals surface area contributed by atoms with E-state index in [1.54, 1.807) is 36.7 Å². The Morgan fingerprint density at radius 3 is 2.00 bits per heavy atom. The number of unbranched alkanes of at least 4 members (excludes halogenated alkanes) is 5. The monoisotopic (exact) mass is 492 g/mol. The summed E-state index contributed by atoms with van der Waals surface area (Å²) in [6, 6.07) is 14.7. The van der Waals surface area contributed by atoms with Gasteiger partial charge in [0.2, 0.25) is 5.67 Å². The number of benzene rings is 2. The van der Waals surface area contributed by atoms with Crippen LogP contribution in [0.5, 0.6) is 11.5 Å². The smallest absolute Gasteiger partial charge is 0.348 e. The molecule has 5 nitrogen and oxygen atoms in total. The van der Waals surface area contributed by atoms with E-state index in [4.69, 9.17) is 9.47 Å². The summed E-state index contributed by atoms with van der Waals surface area (Å²) in [4.78, 5) is 21.2. The molecule has 36 heavy (non-hydrogen) atoms. The van der Waals surface area contributed by atoms with Crippen LogP contribution in [0.3, 0.4) is 0 Å². The van der Waals surface area contributed by atoms with Crippen LogP contribution in [-0.2, 0) is 4.79 Å². The lowest BCUT2D eigenvalue weighted by atomic mass is 10.0. The Labute approximate surface area is 214 Å². The quantitative estimate of drug-likeness (QED) is 0.130. The third-order valence-corrected chi connectivity index (χ3v) is 6.10. The molecule has 1 aromatic heterocycles. The zero-order valence-electron chi connectivity index (χ0n) is 21.6. The normalized spacial score (nSPS) is 12.7. The predicted molar refractivity (Wildman–Crippen MR) is 142 cm³/mol. The summed E-state index contributed by atoms with van der Waals surface area (Å²) in [6.07, 6.45) is 10.9. The number of nitrogens with zero attached hydrogens (tertiary/aromatic N) is 2. The number of ether oxygens (including phenoxy) is 2. The Morgan fingerprint density at radius 2 is 1.36 bits per heavy atom. The minimum Gasteiger partial charge on any atom is -0.494 e. The zero-order valence-corrected chi connectivity index (χ0v) is 21.6. The molecule has 0 saturated carbocycles. The number of aromatic nitrogens is 2. The molecule has 3 aromatic rings. The van der Waals surface area contributed by atoms with Crippen molar-refractivity contribution >= 4 is 5.97 Å². The first kappa shape index (κ1) is 27.3. The predicted octanol–water partition coefficient (Wildman–Crippen LogP) is 7.98. The molecule has 1 unspecified atom stereocenters. The van der Waals surface area contributed by atoms with Crippen LogP contribution in [0.2, 0.25) is 0 Å². The minimum atomic E-state index is -1.99. The fourth-order valence-electron chi connectivity index (χ4n) is 3.78. The average molecular weight is 493 g/mol. The molecule has 1 atom stereocenters. The Hall–Kier alpha value is -3.28. The molecule has 0 aliphatic rings. The minimum absolute atomic E-state index is 0.163. The Balaban J connectivity index is 1.55. The molecular formula is C30H37FN2O3. The van der Waals surface area contributed by atoms with E-state index in [-0.39, 0.29) is 6.42 Å². The molecule has 2 aromatic carbocycles. The molecule has 0 aliphatic heterocycles. The summed E-state index contributed by atoms with van der Waals surface area (Å²) in [5.74, 6) is 0.936. The van der Waals surface area contributed by atoms with Gasteiger partial charge in [-0.2, -0.15) is 0 Å². The number of carbonyl (C=O) groups excluding carboxylic acids is 1. The summed E-state index contributed by atoms with van der Waals surface area (Å²) < 4.78 is 25.7. The zero-order chi connectivity index (χ0) is 25.8. The van der Waals surface area contributed by atoms with E-state index in [1.807, 2.05) is 31.2 Å². The molecule has 0 bridgehead atoms. The fourth-order valence-corrected chi connectivity index (χ4v) is 3.78. The van der Waals surface area contributed by atoms with Crippen LogP contribution in [0.15, 0.2) is 60.9 Å². The molecule has 0 saturated heterocycles. The first-order valence-electron chi connectivity index (χ1n) is 13.0. The highest BCUT2D eigenvalue weighted by Gasteiger charge is 2.34. The number of hydrogen-bond acceptors (Lipinski definition) is 5. The molecule has 0 amide bonds. The number of carbonyl (C=O) groups is 1. The van der Waals surface area contributed by atoms with E-state index in [2.05, 4.69) is 16.9 Å². The SMILES string of the molecule is CCCCCCOc1ccc(-c2ncc(-c3ccc(OC(=O)C(C)(F)CCCCC)cc3)cn2)cc1.